The van der Waals surface area contributed by atoms with Gasteiger partial charge in [0, 0.05) is 29.9 Å². The number of hydrogen-bond acceptors (Lipinski definition) is 6. The molecule has 0 spiro atoms. The zero-order chi connectivity index (χ0) is 23.5. The van der Waals surface area contributed by atoms with E-state index in [9.17, 15) is 19.5 Å². The lowest BCUT2D eigenvalue weighted by Gasteiger charge is -2.19. The molecule has 10 nitrogen and oxygen atoms in total. The molecule has 0 fully saturated rings. The van der Waals surface area contributed by atoms with Gasteiger partial charge in [-0.2, -0.15) is 0 Å². The minimum Gasteiger partial charge on any atom is -0.480 e. The highest BCUT2D eigenvalue weighted by Crippen LogP contribution is 2.24. The van der Waals surface area contributed by atoms with E-state index in [0.29, 0.717) is 16.8 Å². The Balaban J connectivity index is 1.77. The predicted octanol–water partition coefficient (Wildman–Crippen LogP) is 1.83. The first-order valence-corrected chi connectivity index (χ1v) is 10.1. The molecule has 0 saturated carbocycles. The number of aromatic amines is 1. The number of carbonyl (C=O) groups excluding carboxylic acids is 2. The number of aromatic nitrogens is 3. The van der Waals surface area contributed by atoms with E-state index in [-0.39, 0.29) is 12.8 Å². The molecule has 2 heterocycles. The highest BCUT2D eigenvalue weighted by Gasteiger charge is 2.26. The summed E-state index contributed by atoms with van der Waals surface area (Å²) in [6.45, 7) is 5.33. The highest BCUT2D eigenvalue weighted by atomic mass is 16.6. The van der Waals surface area contributed by atoms with Gasteiger partial charge in [-0.05, 0) is 38.8 Å². The number of nitrogens with two attached hydrogens (primary N) is 1. The van der Waals surface area contributed by atoms with Gasteiger partial charge in [-0.1, -0.05) is 18.2 Å². The average Bonchev–Trinajstić information content (AvgIpc) is 3.34. The monoisotopic (exact) mass is 441 g/mol. The van der Waals surface area contributed by atoms with Gasteiger partial charge in [-0.15, -0.1) is 0 Å². The first-order chi connectivity index (χ1) is 15.0. The normalized spacial score (nSPS) is 13.5. The van der Waals surface area contributed by atoms with Crippen LogP contribution in [0.25, 0.3) is 10.9 Å². The minimum atomic E-state index is -1.18. The lowest BCUT2D eigenvalue weighted by Crippen LogP contribution is -2.50. The standard InChI is InChI=1S/C22H27N5O5/c1-22(2,3)32-21(31)27-11-13(15-6-4-5-7-18(15)27)8-16(23)19(28)26-17(20(29)30)9-14-10-24-12-25-14/h4-7,10-12,16-17H,8-9,23H2,1-3H3,(H,24,25)(H,26,28)(H,29,30)/t16-,17+/m1/s1. The van der Waals surface area contributed by atoms with E-state index in [0.717, 1.165) is 5.39 Å². The van der Waals surface area contributed by atoms with Crippen molar-refractivity contribution >= 4 is 28.9 Å². The summed E-state index contributed by atoms with van der Waals surface area (Å²) in [7, 11) is 0. The van der Waals surface area contributed by atoms with Crippen LogP contribution in [0.3, 0.4) is 0 Å². The molecule has 2 aromatic heterocycles. The van der Waals surface area contributed by atoms with E-state index < -0.39 is 35.7 Å². The number of nitrogens with one attached hydrogen (secondary N) is 2. The van der Waals surface area contributed by atoms with E-state index in [4.69, 9.17) is 10.5 Å². The topological polar surface area (TPSA) is 152 Å². The smallest absolute Gasteiger partial charge is 0.419 e. The van der Waals surface area contributed by atoms with Crippen molar-refractivity contribution in [3.05, 3.63) is 54.2 Å². The fourth-order valence-electron chi connectivity index (χ4n) is 3.30. The molecule has 3 aromatic rings. The summed E-state index contributed by atoms with van der Waals surface area (Å²) in [5.74, 6) is -1.78. The van der Waals surface area contributed by atoms with Crippen molar-refractivity contribution in [1.29, 1.82) is 0 Å². The van der Waals surface area contributed by atoms with Crippen LogP contribution in [0.5, 0.6) is 0 Å². The van der Waals surface area contributed by atoms with Crippen LogP contribution in [0.4, 0.5) is 4.79 Å². The number of benzene rings is 1. The summed E-state index contributed by atoms with van der Waals surface area (Å²) in [6.07, 6.45) is 4.15. The van der Waals surface area contributed by atoms with Crippen LogP contribution in [-0.4, -0.2) is 55.3 Å². The van der Waals surface area contributed by atoms with Gasteiger partial charge in [-0.3, -0.25) is 9.36 Å². The number of H-pyrrole nitrogens is 1. The van der Waals surface area contributed by atoms with Crippen molar-refractivity contribution in [2.24, 2.45) is 5.73 Å². The lowest BCUT2D eigenvalue weighted by atomic mass is 10.0. The zero-order valence-corrected chi connectivity index (χ0v) is 18.2. The maximum atomic E-state index is 12.6. The van der Waals surface area contributed by atoms with Crippen molar-refractivity contribution in [1.82, 2.24) is 19.9 Å². The fourth-order valence-corrected chi connectivity index (χ4v) is 3.30. The number of para-hydroxylation sites is 1. The lowest BCUT2D eigenvalue weighted by molar-refractivity contribution is -0.142. The van der Waals surface area contributed by atoms with Crippen molar-refractivity contribution in [2.45, 2.75) is 51.3 Å². The number of fused-ring (bicyclic) bond motifs is 1. The zero-order valence-electron chi connectivity index (χ0n) is 18.2. The first-order valence-electron chi connectivity index (χ1n) is 10.1. The van der Waals surface area contributed by atoms with Gasteiger partial charge >= 0.3 is 12.1 Å². The second-order valence-corrected chi connectivity index (χ2v) is 8.51. The van der Waals surface area contributed by atoms with E-state index >= 15 is 0 Å². The number of ether oxygens (including phenoxy) is 1. The Bertz CT molecular complexity index is 1110. The number of amides is 1. The Morgan fingerprint density at radius 3 is 2.59 bits per heavy atom. The van der Waals surface area contributed by atoms with Crippen LogP contribution < -0.4 is 11.1 Å². The molecule has 0 aliphatic carbocycles. The Kier molecular flexibility index (Phi) is 6.64. The Labute approximate surface area is 184 Å². The summed E-state index contributed by atoms with van der Waals surface area (Å²) in [4.78, 5) is 43.5. The van der Waals surface area contributed by atoms with Gasteiger partial charge in [0.25, 0.3) is 0 Å². The summed E-state index contributed by atoms with van der Waals surface area (Å²) < 4.78 is 6.85. The molecule has 0 radical (unpaired) electrons. The van der Waals surface area contributed by atoms with Gasteiger partial charge in [0.2, 0.25) is 5.91 Å². The molecule has 5 N–H and O–H groups in total. The Morgan fingerprint density at radius 2 is 1.97 bits per heavy atom. The number of carboxylic acid groups (broad SMARTS) is 1. The van der Waals surface area contributed by atoms with Crippen LogP contribution in [-0.2, 0) is 27.2 Å². The second-order valence-electron chi connectivity index (χ2n) is 8.51. The molecule has 0 aliphatic heterocycles. The maximum absolute atomic E-state index is 12.6. The van der Waals surface area contributed by atoms with Crippen LogP contribution in [0.2, 0.25) is 0 Å². The number of aliphatic carboxylic acids is 1. The summed E-state index contributed by atoms with van der Waals surface area (Å²) in [6, 6.07) is 5.05. The van der Waals surface area contributed by atoms with Crippen LogP contribution in [0, 0.1) is 0 Å². The van der Waals surface area contributed by atoms with E-state index in [1.165, 1.54) is 17.1 Å². The molecule has 3 rings (SSSR count). The minimum absolute atomic E-state index is 0.0474. The molecule has 0 saturated heterocycles. The number of imidazole rings is 1. The van der Waals surface area contributed by atoms with Gasteiger partial charge in [0.05, 0.1) is 17.9 Å². The van der Waals surface area contributed by atoms with Crippen LogP contribution in [0.1, 0.15) is 32.0 Å². The molecule has 0 bridgehead atoms. The number of carboxylic acids is 1. The number of hydrogen-bond donors (Lipinski definition) is 4. The largest absolute Gasteiger partial charge is 0.480 e. The molecule has 2 atom stereocenters. The molecular formula is C22H27N5O5. The third kappa shape index (κ3) is 5.52. The summed E-state index contributed by atoms with van der Waals surface area (Å²) in [5, 5.41) is 12.7. The van der Waals surface area contributed by atoms with Crippen molar-refractivity contribution in [2.75, 3.05) is 0 Å². The number of rotatable bonds is 7. The van der Waals surface area contributed by atoms with Crippen molar-refractivity contribution in [3.8, 4) is 0 Å². The predicted molar refractivity (Wildman–Crippen MR) is 117 cm³/mol. The van der Waals surface area contributed by atoms with Gasteiger partial charge < -0.3 is 25.9 Å². The molecule has 1 amide bonds. The SMILES string of the molecule is CC(C)(C)OC(=O)n1cc(C[C@@H](N)C(=O)N[C@@H](Cc2cnc[nH]2)C(=O)O)c2ccccc21. The van der Waals surface area contributed by atoms with E-state index in [1.54, 1.807) is 39.1 Å². The Morgan fingerprint density at radius 1 is 1.25 bits per heavy atom. The average molecular weight is 441 g/mol. The third-order valence-electron chi connectivity index (χ3n) is 4.75. The molecule has 0 aliphatic rings. The van der Waals surface area contributed by atoms with Crippen molar-refractivity contribution < 1.29 is 24.2 Å². The van der Waals surface area contributed by atoms with Crippen molar-refractivity contribution in [3.63, 3.8) is 0 Å². The third-order valence-corrected chi connectivity index (χ3v) is 4.75. The highest BCUT2D eigenvalue weighted by molar-refractivity contribution is 5.93. The molecule has 0 unspecified atom stereocenters. The van der Waals surface area contributed by atoms with Crippen LogP contribution in [0.15, 0.2) is 43.0 Å². The van der Waals surface area contributed by atoms with E-state index in [1.807, 2.05) is 12.1 Å². The molecule has 170 valence electrons. The molecular weight excluding hydrogens is 414 g/mol. The molecule has 10 heteroatoms. The van der Waals surface area contributed by atoms with Crippen LogP contribution >= 0.6 is 0 Å². The van der Waals surface area contributed by atoms with Gasteiger partial charge in [0.1, 0.15) is 11.6 Å². The van der Waals surface area contributed by atoms with Gasteiger partial charge in [0.15, 0.2) is 0 Å². The quantitative estimate of drug-likeness (QED) is 0.436. The summed E-state index contributed by atoms with van der Waals surface area (Å²) >= 11 is 0. The fraction of sp³-hybridized carbons (Fsp3) is 0.364. The van der Waals surface area contributed by atoms with E-state index in [2.05, 4.69) is 15.3 Å². The Hall–Kier alpha value is -3.66. The van der Waals surface area contributed by atoms with Gasteiger partial charge in [-0.25, -0.2) is 14.6 Å². The first kappa shape index (κ1) is 23.0. The number of carbonyl (C=O) groups is 3. The maximum Gasteiger partial charge on any atom is 0.419 e. The second kappa shape index (κ2) is 9.23. The summed E-state index contributed by atoms with van der Waals surface area (Å²) in [5.41, 5.74) is 7.31. The molecule has 1 aromatic carbocycles. The number of nitrogens with zero attached hydrogens (tertiary/aromatic N) is 2. The molecule has 32 heavy (non-hydrogen) atoms.